The van der Waals surface area contributed by atoms with Crippen LogP contribution in [0, 0.1) is 10.8 Å². The number of carbonyl (C=O) groups is 2. The van der Waals surface area contributed by atoms with Crippen LogP contribution in [0.3, 0.4) is 0 Å². The fourth-order valence-electron chi connectivity index (χ4n) is 4.41. The first-order valence-corrected chi connectivity index (χ1v) is 8.72. The number of benzene rings is 1. The molecule has 2 N–H and O–H groups in total. The molecule has 130 valence electrons. The van der Waals surface area contributed by atoms with Crippen molar-refractivity contribution in [2.24, 2.45) is 10.8 Å². The zero-order chi connectivity index (χ0) is 17.0. The van der Waals surface area contributed by atoms with Gasteiger partial charge in [0.15, 0.2) is 0 Å². The van der Waals surface area contributed by atoms with E-state index in [-0.39, 0.29) is 18.6 Å². The number of aliphatic carboxylic acids is 1. The molecule has 0 atom stereocenters. The molecule has 2 aliphatic rings. The predicted molar refractivity (Wildman–Crippen MR) is 89.5 cm³/mol. The number of carboxylic acids is 1. The van der Waals surface area contributed by atoms with Crippen LogP contribution in [0.15, 0.2) is 30.3 Å². The van der Waals surface area contributed by atoms with Gasteiger partial charge in [-0.3, -0.25) is 4.79 Å². The minimum atomic E-state index is -0.816. The molecule has 0 saturated heterocycles. The van der Waals surface area contributed by atoms with Gasteiger partial charge in [0.25, 0.3) is 0 Å². The van der Waals surface area contributed by atoms with E-state index in [1.165, 1.54) is 19.3 Å². The molecule has 2 saturated carbocycles. The number of hydrogen-bond donors (Lipinski definition) is 2. The number of ether oxygens (including phenoxy) is 1. The molecule has 2 aliphatic carbocycles. The Morgan fingerprint density at radius 1 is 1.08 bits per heavy atom. The van der Waals surface area contributed by atoms with Crippen LogP contribution >= 0.6 is 0 Å². The number of nitrogens with one attached hydrogen (secondary N) is 1. The Kier molecular flexibility index (Phi) is 4.78. The zero-order valence-corrected chi connectivity index (χ0v) is 13.9. The van der Waals surface area contributed by atoms with Crippen LogP contribution in [-0.4, -0.2) is 23.7 Å². The van der Waals surface area contributed by atoms with Crippen molar-refractivity contribution in [3.05, 3.63) is 35.9 Å². The van der Waals surface area contributed by atoms with E-state index in [0.717, 1.165) is 18.4 Å². The average molecular weight is 331 g/mol. The van der Waals surface area contributed by atoms with Crippen LogP contribution in [0.1, 0.15) is 50.5 Å². The fraction of sp³-hybridized carbons (Fsp3) is 0.579. The Morgan fingerprint density at radius 2 is 1.75 bits per heavy atom. The second-order valence-corrected chi connectivity index (χ2v) is 7.41. The van der Waals surface area contributed by atoms with Gasteiger partial charge in [-0.15, -0.1) is 0 Å². The highest BCUT2D eigenvalue weighted by Crippen LogP contribution is 2.61. The van der Waals surface area contributed by atoms with E-state index in [1.54, 1.807) is 0 Å². The van der Waals surface area contributed by atoms with Crippen LogP contribution in [-0.2, 0) is 16.1 Å². The van der Waals surface area contributed by atoms with Gasteiger partial charge in [-0.25, -0.2) is 4.79 Å². The van der Waals surface area contributed by atoms with Crippen molar-refractivity contribution in [1.82, 2.24) is 5.32 Å². The molecular weight excluding hydrogens is 306 g/mol. The molecule has 1 spiro atoms. The highest BCUT2D eigenvalue weighted by Gasteiger charge is 2.58. The maximum absolute atomic E-state index is 11.9. The second kappa shape index (κ2) is 6.83. The van der Waals surface area contributed by atoms with Crippen LogP contribution < -0.4 is 5.32 Å². The average Bonchev–Trinajstić information content (AvgIpc) is 2.57. The van der Waals surface area contributed by atoms with Gasteiger partial charge in [-0.1, -0.05) is 49.6 Å². The van der Waals surface area contributed by atoms with Gasteiger partial charge in [-0.2, -0.15) is 0 Å². The number of carboxylic acid groups (broad SMARTS) is 1. The summed E-state index contributed by atoms with van der Waals surface area (Å²) in [5, 5.41) is 12.3. The van der Waals surface area contributed by atoms with Crippen molar-refractivity contribution in [2.45, 2.75) is 51.6 Å². The number of carbonyl (C=O) groups excluding carboxylic acids is 1. The highest BCUT2D eigenvalue weighted by atomic mass is 16.5. The first-order chi connectivity index (χ1) is 11.5. The Bertz CT molecular complexity index is 585. The molecule has 5 nitrogen and oxygen atoms in total. The zero-order valence-electron chi connectivity index (χ0n) is 13.9. The maximum atomic E-state index is 11.9. The Balaban J connectivity index is 1.48. The number of alkyl carbamates (subject to hydrolysis) is 1. The third kappa shape index (κ3) is 3.55. The van der Waals surface area contributed by atoms with E-state index < -0.39 is 17.5 Å². The van der Waals surface area contributed by atoms with Crippen LogP contribution in [0.2, 0.25) is 0 Å². The van der Waals surface area contributed by atoms with E-state index >= 15 is 0 Å². The van der Waals surface area contributed by atoms with E-state index in [4.69, 9.17) is 4.74 Å². The van der Waals surface area contributed by atoms with Crippen LogP contribution in [0.5, 0.6) is 0 Å². The third-order valence-electron chi connectivity index (χ3n) is 5.58. The summed E-state index contributed by atoms with van der Waals surface area (Å²) in [6.45, 7) is 0.342. The monoisotopic (exact) mass is 331 g/mol. The Hall–Kier alpha value is -2.04. The van der Waals surface area contributed by atoms with Gasteiger partial charge >= 0.3 is 12.1 Å². The summed E-state index contributed by atoms with van der Waals surface area (Å²) in [6.07, 6.45) is 6.70. The lowest BCUT2D eigenvalue weighted by Gasteiger charge is -2.56. The van der Waals surface area contributed by atoms with E-state index in [0.29, 0.717) is 12.8 Å². The quantitative estimate of drug-likeness (QED) is 0.862. The van der Waals surface area contributed by atoms with E-state index in [2.05, 4.69) is 5.32 Å². The van der Waals surface area contributed by atoms with Crippen molar-refractivity contribution in [3.8, 4) is 0 Å². The molecule has 3 rings (SSSR count). The Morgan fingerprint density at radius 3 is 2.38 bits per heavy atom. The van der Waals surface area contributed by atoms with Gasteiger partial charge in [-0.05, 0) is 36.7 Å². The number of amides is 1. The largest absolute Gasteiger partial charge is 0.481 e. The smallest absolute Gasteiger partial charge is 0.407 e. The fourth-order valence-corrected chi connectivity index (χ4v) is 4.41. The van der Waals surface area contributed by atoms with Gasteiger partial charge in [0.2, 0.25) is 0 Å². The van der Waals surface area contributed by atoms with Crippen LogP contribution in [0.25, 0.3) is 0 Å². The van der Waals surface area contributed by atoms with Gasteiger partial charge in [0.1, 0.15) is 6.61 Å². The molecule has 0 heterocycles. The van der Waals surface area contributed by atoms with Crippen molar-refractivity contribution >= 4 is 12.1 Å². The molecule has 0 aliphatic heterocycles. The lowest BCUT2D eigenvalue weighted by molar-refractivity contribution is -0.168. The summed E-state index contributed by atoms with van der Waals surface area (Å²) < 4.78 is 5.17. The molecule has 0 bridgehead atoms. The van der Waals surface area contributed by atoms with Crippen molar-refractivity contribution in [2.75, 3.05) is 6.54 Å². The standard InChI is InChI=1S/C19H25NO4/c21-16(22)19(12-18(13-19)9-5-2-6-10-18)14-20-17(23)24-11-15-7-3-1-4-8-15/h1,3-4,7-8H,2,5-6,9-14H2,(H,20,23)(H,21,22). The first kappa shape index (κ1) is 16.8. The number of rotatable bonds is 5. The van der Waals surface area contributed by atoms with Gasteiger partial charge < -0.3 is 15.2 Å². The first-order valence-electron chi connectivity index (χ1n) is 8.72. The normalized spacial score (nSPS) is 20.8. The van der Waals surface area contributed by atoms with Crippen molar-refractivity contribution in [3.63, 3.8) is 0 Å². The lowest BCUT2D eigenvalue weighted by atomic mass is 9.48. The molecule has 2 fully saturated rings. The lowest BCUT2D eigenvalue weighted by Crippen LogP contribution is -2.57. The summed E-state index contributed by atoms with van der Waals surface area (Å²) in [7, 11) is 0. The van der Waals surface area contributed by atoms with E-state index in [1.807, 2.05) is 30.3 Å². The van der Waals surface area contributed by atoms with E-state index in [9.17, 15) is 14.7 Å². The molecule has 0 unspecified atom stereocenters. The summed E-state index contributed by atoms with van der Waals surface area (Å²) in [6, 6.07) is 9.43. The van der Waals surface area contributed by atoms with Gasteiger partial charge in [0.05, 0.1) is 5.41 Å². The topological polar surface area (TPSA) is 75.6 Å². The molecule has 0 aromatic heterocycles. The molecule has 1 aromatic rings. The third-order valence-corrected chi connectivity index (χ3v) is 5.58. The van der Waals surface area contributed by atoms with Crippen molar-refractivity contribution in [1.29, 1.82) is 0 Å². The molecule has 24 heavy (non-hydrogen) atoms. The summed E-state index contributed by atoms with van der Waals surface area (Å²) in [4.78, 5) is 23.6. The molecule has 1 amide bonds. The summed E-state index contributed by atoms with van der Waals surface area (Å²) in [5.41, 5.74) is 0.292. The molecule has 5 heteroatoms. The SMILES string of the molecule is O=C(NCC1(C(=O)O)CC2(CCCCC2)C1)OCc1ccccc1. The second-order valence-electron chi connectivity index (χ2n) is 7.41. The number of hydrogen-bond acceptors (Lipinski definition) is 3. The predicted octanol–water partition coefficient (Wildman–Crippen LogP) is 3.73. The molecular formula is C19H25NO4. The minimum Gasteiger partial charge on any atom is -0.481 e. The molecule has 1 aromatic carbocycles. The highest BCUT2D eigenvalue weighted by molar-refractivity contribution is 5.78. The maximum Gasteiger partial charge on any atom is 0.407 e. The van der Waals surface area contributed by atoms with Crippen LogP contribution in [0.4, 0.5) is 4.79 Å². The summed E-state index contributed by atoms with van der Waals surface area (Å²) >= 11 is 0. The summed E-state index contributed by atoms with van der Waals surface area (Å²) in [5.74, 6) is -0.804. The molecule has 0 radical (unpaired) electrons. The minimum absolute atomic E-state index is 0.151. The van der Waals surface area contributed by atoms with Crippen molar-refractivity contribution < 1.29 is 19.4 Å². The van der Waals surface area contributed by atoms with Gasteiger partial charge in [0, 0.05) is 6.54 Å². The Labute approximate surface area is 142 Å².